The van der Waals surface area contributed by atoms with Crippen molar-refractivity contribution in [3.63, 3.8) is 0 Å². The van der Waals surface area contributed by atoms with E-state index in [0.717, 1.165) is 30.7 Å². The second-order valence-corrected chi connectivity index (χ2v) is 5.77. The average molecular weight is 266 g/mol. The maximum atomic E-state index is 11.4. The number of benzene rings is 1. The summed E-state index contributed by atoms with van der Waals surface area (Å²) < 4.78 is 0. The molecule has 1 aromatic rings. The van der Waals surface area contributed by atoms with Crippen LogP contribution in [0, 0.1) is 5.92 Å². The molecule has 0 heterocycles. The summed E-state index contributed by atoms with van der Waals surface area (Å²) in [5, 5.41) is 0.773. The fourth-order valence-corrected chi connectivity index (χ4v) is 3.06. The van der Waals surface area contributed by atoms with Crippen LogP contribution in [0.2, 0.25) is 5.02 Å². The van der Waals surface area contributed by atoms with Crippen molar-refractivity contribution in [3.8, 4) is 0 Å². The molecule has 1 aromatic carbocycles. The van der Waals surface area contributed by atoms with Crippen molar-refractivity contribution in [1.82, 2.24) is 4.90 Å². The number of carbonyl (C=O) groups excluding carboxylic acids is 1. The van der Waals surface area contributed by atoms with Crippen molar-refractivity contribution in [2.45, 2.75) is 31.7 Å². The zero-order chi connectivity index (χ0) is 13.1. The van der Waals surface area contributed by atoms with Gasteiger partial charge in [-0.05, 0) is 50.6 Å². The molecule has 1 unspecified atom stereocenters. The van der Waals surface area contributed by atoms with Gasteiger partial charge in [0.15, 0.2) is 0 Å². The number of hydrogen-bond donors (Lipinski definition) is 0. The zero-order valence-corrected chi connectivity index (χ0v) is 11.8. The highest BCUT2D eigenvalue weighted by Gasteiger charge is 2.28. The molecule has 98 valence electrons. The van der Waals surface area contributed by atoms with E-state index in [1.807, 2.05) is 12.1 Å². The summed E-state index contributed by atoms with van der Waals surface area (Å²) in [7, 11) is 4.21. The molecule has 1 fully saturated rings. The molecule has 1 saturated carbocycles. The lowest BCUT2D eigenvalue weighted by atomic mass is 9.80. The van der Waals surface area contributed by atoms with Crippen LogP contribution in [-0.4, -0.2) is 24.8 Å². The van der Waals surface area contributed by atoms with Gasteiger partial charge in [0.1, 0.15) is 5.78 Å². The number of halogens is 1. The number of Topliss-reactive ketones (excluding diaryl/α,β-unsaturated/α-hetero) is 1. The topological polar surface area (TPSA) is 20.3 Å². The molecule has 0 radical (unpaired) electrons. The third-order valence-corrected chi connectivity index (χ3v) is 4.05. The van der Waals surface area contributed by atoms with Gasteiger partial charge in [-0.15, -0.1) is 0 Å². The van der Waals surface area contributed by atoms with Crippen LogP contribution in [0.1, 0.15) is 37.3 Å². The largest absolute Gasteiger partial charge is 0.302 e. The van der Waals surface area contributed by atoms with Gasteiger partial charge in [0.2, 0.25) is 0 Å². The third kappa shape index (κ3) is 3.12. The molecule has 0 aromatic heterocycles. The highest BCUT2D eigenvalue weighted by atomic mass is 35.5. The summed E-state index contributed by atoms with van der Waals surface area (Å²) in [5.41, 5.74) is 1.30. The molecule has 0 saturated heterocycles. The molecule has 0 spiro atoms. The van der Waals surface area contributed by atoms with E-state index < -0.39 is 0 Å². The predicted octanol–water partition coefficient (Wildman–Crippen LogP) is 3.70. The second-order valence-electron chi connectivity index (χ2n) is 5.34. The Morgan fingerprint density at radius 2 is 1.72 bits per heavy atom. The van der Waals surface area contributed by atoms with Gasteiger partial charge in [0, 0.05) is 23.9 Å². The Hall–Kier alpha value is -0.860. The Balaban J connectivity index is 2.17. The van der Waals surface area contributed by atoms with Gasteiger partial charge in [0.25, 0.3) is 0 Å². The molecule has 1 aliphatic rings. The average Bonchev–Trinajstić information content (AvgIpc) is 2.34. The van der Waals surface area contributed by atoms with Crippen molar-refractivity contribution >= 4 is 17.4 Å². The molecular weight excluding hydrogens is 246 g/mol. The highest BCUT2D eigenvalue weighted by molar-refractivity contribution is 6.30. The lowest BCUT2D eigenvalue weighted by molar-refractivity contribution is -0.121. The fraction of sp³-hybridized carbons (Fsp3) is 0.533. The molecule has 0 amide bonds. The minimum atomic E-state index is 0.385. The molecule has 1 atom stereocenters. The van der Waals surface area contributed by atoms with Gasteiger partial charge in [-0.1, -0.05) is 23.7 Å². The van der Waals surface area contributed by atoms with E-state index in [9.17, 15) is 4.79 Å². The summed E-state index contributed by atoms with van der Waals surface area (Å²) in [5.74, 6) is 0.985. The molecule has 0 bridgehead atoms. The van der Waals surface area contributed by atoms with Crippen molar-refractivity contribution < 1.29 is 4.79 Å². The Labute approximate surface area is 114 Å². The van der Waals surface area contributed by atoms with Crippen LogP contribution in [0.3, 0.4) is 0 Å². The lowest BCUT2D eigenvalue weighted by Gasteiger charge is -2.34. The van der Waals surface area contributed by atoms with Crippen molar-refractivity contribution in [1.29, 1.82) is 0 Å². The lowest BCUT2D eigenvalue weighted by Crippen LogP contribution is -2.30. The maximum Gasteiger partial charge on any atom is 0.132 e. The Morgan fingerprint density at radius 3 is 2.22 bits per heavy atom. The van der Waals surface area contributed by atoms with E-state index in [1.54, 1.807) is 0 Å². The first kappa shape index (κ1) is 13.6. The molecule has 3 heteroatoms. The van der Waals surface area contributed by atoms with Gasteiger partial charge < -0.3 is 4.90 Å². The number of carbonyl (C=O) groups is 1. The fourth-order valence-electron chi connectivity index (χ4n) is 2.93. The molecule has 0 N–H and O–H groups in total. The maximum absolute atomic E-state index is 11.4. The van der Waals surface area contributed by atoms with Gasteiger partial charge in [-0.25, -0.2) is 0 Å². The Kier molecular flexibility index (Phi) is 4.41. The van der Waals surface area contributed by atoms with Crippen LogP contribution < -0.4 is 0 Å². The molecule has 18 heavy (non-hydrogen) atoms. The quantitative estimate of drug-likeness (QED) is 0.831. The van der Waals surface area contributed by atoms with Crippen LogP contribution in [0.15, 0.2) is 24.3 Å². The summed E-state index contributed by atoms with van der Waals surface area (Å²) in [6.45, 7) is 0. The molecule has 0 aliphatic heterocycles. The molecule has 2 nitrogen and oxygen atoms in total. The standard InChI is InChI=1S/C15H20ClNO/c1-17(2)15(11-3-7-13(16)8-4-11)12-5-9-14(18)10-6-12/h3-4,7-8,12,15H,5-6,9-10H2,1-2H3. The number of hydrogen-bond acceptors (Lipinski definition) is 2. The second kappa shape index (κ2) is 5.85. The van der Waals surface area contributed by atoms with Gasteiger partial charge in [-0.3, -0.25) is 4.79 Å². The molecule has 2 rings (SSSR count). The van der Waals surface area contributed by atoms with Gasteiger partial charge >= 0.3 is 0 Å². The van der Waals surface area contributed by atoms with Crippen LogP contribution in [-0.2, 0) is 4.79 Å². The van der Waals surface area contributed by atoms with Crippen molar-refractivity contribution in [2.75, 3.05) is 14.1 Å². The summed E-state index contributed by atoms with van der Waals surface area (Å²) in [6, 6.07) is 8.48. The number of ketones is 1. The van der Waals surface area contributed by atoms with Crippen molar-refractivity contribution in [2.24, 2.45) is 5.92 Å². The van der Waals surface area contributed by atoms with Crippen molar-refractivity contribution in [3.05, 3.63) is 34.9 Å². The minimum Gasteiger partial charge on any atom is -0.302 e. The Bertz CT molecular complexity index is 403. The molecule has 1 aliphatic carbocycles. The van der Waals surface area contributed by atoms with Crippen LogP contribution >= 0.6 is 11.6 Å². The zero-order valence-electron chi connectivity index (χ0n) is 11.0. The number of nitrogens with zero attached hydrogens (tertiary/aromatic N) is 1. The monoisotopic (exact) mass is 265 g/mol. The van der Waals surface area contributed by atoms with Gasteiger partial charge in [0.05, 0.1) is 0 Å². The van der Waals surface area contributed by atoms with E-state index in [0.29, 0.717) is 17.7 Å². The van der Waals surface area contributed by atoms with E-state index in [2.05, 4.69) is 31.1 Å². The smallest absolute Gasteiger partial charge is 0.132 e. The first-order valence-corrected chi connectivity index (χ1v) is 6.89. The summed E-state index contributed by atoms with van der Waals surface area (Å²) in [4.78, 5) is 13.6. The van der Waals surface area contributed by atoms with Crippen LogP contribution in [0.5, 0.6) is 0 Å². The first-order valence-electron chi connectivity index (χ1n) is 6.51. The normalized spacial score (nSPS) is 19.2. The summed E-state index contributed by atoms with van der Waals surface area (Å²) >= 11 is 5.94. The van der Waals surface area contributed by atoms with Gasteiger partial charge in [-0.2, -0.15) is 0 Å². The summed E-state index contributed by atoms with van der Waals surface area (Å²) in [6.07, 6.45) is 3.49. The first-order chi connectivity index (χ1) is 8.58. The Morgan fingerprint density at radius 1 is 1.17 bits per heavy atom. The third-order valence-electron chi connectivity index (χ3n) is 3.80. The predicted molar refractivity (Wildman–Crippen MR) is 74.8 cm³/mol. The minimum absolute atomic E-state index is 0.385. The highest BCUT2D eigenvalue weighted by Crippen LogP contribution is 2.36. The van der Waals surface area contributed by atoms with E-state index in [1.165, 1.54) is 5.56 Å². The van der Waals surface area contributed by atoms with Crippen LogP contribution in [0.25, 0.3) is 0 Å². The number of rotatable bonds is 3. The van der Waals surface area contributed by atoms with E-state index >= 15 is 0 Å². The SMILES string of the molecule is CN(C)C(c1ccc(Cl)cc1)C1CCC(=O)CC1. The van der Waals surface area contributed by atoms with E-state index in [4.69, 9.17) is 11.6 Å². The van der Waals surface area contributed by atoms with Crippen LogP contribution in [0.4, 0.5) is 0 Å². The molecular formula is C15H20ClNO. The van der Waals surface area contributed by atoms with E-state index in [-0.39, 0.29) is 0 Å².